The van der Waals surface area contributed by atoms with Gasteiger partial charge in [-0.1, -0.05) is 12.8 Å². The van der Waals surface area contributed by atoms with Crippen LogP contribution in [0.25, 0.3) is 0 Å². The zero-order chi connectivity index (χ0) is 12.0. The minimum absolute atomic E-state index is 0.165. The van der Waals surface area contributed by atoms with Crippen molar-refractivity contribution in [2.24, 2.45) is 5.92 Å². The van der Waals surface area contributed by atoms with Gasteiger partial charge >= 0.3 is 0 Å². The van der Waals surface area contributed by atoms with Gasteiger partial charge < -0.3 is 9.80 Å². The van der Waals surface area contributed by atoms with E-state index in [0.717, 1.165) is 25.4 Å². The molecule has 0 atom stereocenters. The van der Waals surface area contributed by atoms with Crippen molar-refractivity contribution < 1.29 is 4.79 Å². The van der Waals surface area contributed by atoms with Crippen LogP contribution in [0, 0.1) is 5.92 Å². The first-order valence-corrected chi connectivity index (χ1v) is 6.50. The Balaban J connectivity index is 2.05. The van der Waals surface area contributed by atoms with Gasteiger partial charge in [-0.15, -0.1) is 0 Å². The lowest BCUT2D eigenvalue weighted by molar-refractivity contribution is -0.127. The summed E-state index contributed by atoms with van der Waals surface area (Å²) in [5, 5.41) is 0. The maximum absolute atomic E-state index is 11.0. The Morgan fingerprint density at radius 2 is 1.81 bits per heavy atom. The first kappa shape index (κ1) is 13.5. The molecule has 1 fully saturated rings. The smallest absolute Gasteiger partial charge is 0.219 e. The first-order chi connectivity index (χ1) is 7.59. The molecular formula is C13H26N2O. The summed E-state index contributed by atoms with van der Waals surface area (Å²) in [6.07, 6.45) is 6.76. The number of amides is 1. The van der Waals surface area contributed by atoms with Crippen LogP contribution in [0.1, 0.15) is 39.0 Å². The molecule has 94 valence electrons. The quantitative estimate of drug-likeness (QED) is 0.691. The topological polar surface area (TPSA) is 23.6 Å². The summed E-state index contributed by atoms with van der Waals surface area (Å²) in [6.45, 7) is 4.85. The zero-order valence-electron chi connectivity index (χ0n) is 11.0. The maximum atomic E-state index is 11.0. The fourth-order valence-electron chi connectivity index (χ4n) is 2.46. The van der Waals surface area contributed by atoms with E-state index in [4.69, 9.17) is 0 Å². The average Bonchev–Trinajstić information content (AvgIpc) is 2.70. The maximum Gasteiger partial charge on any atom is 0.219 e. The lowest BCUT2D eigenvalue weighted by Gasteiger charge is -2.22. The molecule has 3 heteroatoms. The van der Waals surface area contributed by atoms with Crippen molar-refractivity contribution in [2.45, 2.75) is 39.0 Å². The molecule has 1 aliphatic carbocycles. The van der Waals surface area contributed by atoms with E-state index in [-0.39, 0.29) is 5.91 Å². The molecule has 1 aliphatic rings. The monoisotopic (exact) mass is 226 g/mol. The van der Waals surface area contributed by atoms with Gasteiger partial charge in [-0.25, -0.2) is 0 Å². The van der Waals surface area contributed by atoms with Crippen molar-refractivity contribution in [2.75, 3.05) is 33.7 Å². The minimum atomic E-state index is 0.165. The lowest BCUT2D eigenvalue weighted by atomic mass is 10.1. The van der Waals surface area contributed by atoms with Crippen LogP contribution in [0.2, 0.25) is 0 Å². The Hall–Kier alpha value is -0.570. The fraction of sp³-hybridized carbons (Fsp3) is 0.923. The second kappa shape index (κ2) is 6.89. The van der Waals surface area contributed by atoms with Crippen LogP contribution in [-0.4, -0.2) is 49.4 Å². The van der Waals surface area contributed by atoms with Gasteiger partial charge in [0.15, 0.2) is 0 Å². The highest BCUT2D eigenvalue weighted by Crippen LogP contribution is 2.25. The predicted molar refractivity (Wildman–Crippen MR) is 67.4 cm³/mol. The van der Waals surface area contributed by atoms with Gasteiger partial charge in [-0.2, -0.15) is 0 Å². The Kier molecular flexibility index (Phi) is 5.81. The minimum Gasteiger partial charge on any atom is -0.346 e. The van der Waals surface area contributed by atoms with E-state index in [0.29, 0.717) is 0 Å². The van der Waals surface area contributed by atoms with Crippen LogP contribution in [0.5, 0.6) is 0 Å². The molecule has 1 rings (SSSR count). The van der Waals surface area contributed by atoms with E-state index in [1.54, 1.807) is 11.8 Å². The molecule has 1 amide bonds. The van der Waals surface area contributed by atoms with Crippen molar-refractivity contribution in [1.82, 2.24) is 9.80 Å². The summed E-state index contributed by atoms with van der Waals surface area (Å²) in [6, 6.07) is 0. The summed E-state index contributed by atoms with van der Waals surface area (Å²) < 4.78 is 0. The molecule has 0 aromatic carbocycles. The van der Waals surface area contributed by atoms with Crippen molar-refractivity contribution in [3.63, 3.8) is 0 Å². The molecule has 0 saturated heterocycles. The van der Waals surface area contributed by atoms with Gasteiger partial charge in [0, 0.05) is 27.1 Å². The Morgan fingerprint density at radius 1 is 1.19 bits per heavy atom. The van der Waals surface area contributed by atoms with Crippen LogP contribution in [-0.2, 0) is 4.79 Å². The average molecular weight is 226 g/mol. The molecule has 16 heavy (non-hydrogen) atoms. The van der Waals surface area contributed by atoms with E-state index < -0.39 is 0 Å². The summed E-state index contributed by atoms with van der Waals surface area (Å²) in [4.78, 5) is 15.2. The molecule has 0 aromatic heterocycles. The summed E-state index contributed by atoms with van der Waals surface area (Å²) in [5.74, 6) is 1.09. The molecule has 0 bridgehead atoms. The highest BCUT2D eigenvalue weighted by Gasteiger charge is 2.16. The van der Waals surface area contributed by atoms with Gasteiger partial charge in [0.25, 0.3) is 0 Å². The van der Waals surface area contributed by atoms with E-state index in [1.165, 1.54) is 32.2 Å². The SMILES string of the molecule is CC(=O)N(C)CCCN(C)CC1CCCC1. The lowest BCUT2D eigenvalue weighted by Crippen LogP contribution is -2.30. The van der Waals surface area contributed by atoms with Gasteiger partial charge in [-0.3, -0.25) is 4.79 Å². The molecule has 1 saturated carbocycles. The largest absolute Gasteiger partial charge is 0.346 e. The second-order valence-electron chi connectivity index (χ2n) is 5.21. The van der Waals surface area contributed by atoms with Crippen molar-refractivity contribution in [3.8, 4) is 0 Å². The third kappa shape index (κ3) is 4.97. The van der Waals surface area contributed by atoms with Gasteiger partial charge in [0.05, 0.1) is 0 Å². The van der Waals surface area contributed by atoms with Gasteiger partial charge in [0.1, 0.15) is 0 Å². The molecule has 0 unspecified atom stereocenters. The van der Waals surface area contributed by atoms with E-state index in [2.05, 4.69) is 11.9 Å². The highest BCUT2D eigenvalue weighted by atomic mass is 16.2. The molecule has 0 radical (unpaired) electrons. The normalized spacial score (nSPS) is 17.0. The van der Waals surface area contributed by atoms with Crippen molar-refractivity contribution in [1.29, 1.82) is 0 Å². The van der Waals surface area contributed by atoms with Gasteiger partial charge in [-0.05, 0) is 38.8 Å². The predicted octanol–water partition coefficient (Wildman–Crippen LogP) is 1.98. The van der Waals surface area contributed by atoms with Crippen molar-refractivity contribution >= 4 is 5.91 Å². The Labute approximate surface area is 99.8 Å². The van der Waals surface area contributed by atoms with Crippen LogP contribution < -0.4 is 0 Å². The number of rotatable bonds is 6. The number of carbonyl (C=O) groups is 1. The fourth-order valence-corrected chi connectivity index (χ4v) is 2.46. The summed E-state index contributed by atoms with van der Waals surface area (Å²) in [7, 11) is 4.07. The molecular weight excluding hydrogens is 200 g/mol. The number of hydrogen-bond donors (Lipinski definition) is 0. The Morgan fingerprint density at radius 3 is 2.38 bits per heavy atom. The molecule has 0 heterocycles. The molecule has 0 N–H and O–H groups in total. The third-order valence-corrected chi connectivity index (χ3v) is 3.62. The summed E-state index contributed by atoms with van der Waals surface area (Å²) in [5.41, 5.74) is 0. The Bertz CT molecular complexity index is 212. The highest BCUT2D eigenvalue weighted by molar-refractivity contribution is 5.72. The van der Waals surface area contributed by atoms with Crippen LogP contribution in [0.15, 0.2) is 0 Å². The standard InChI is InChI=1S/C13H26N2O/c1-12(16)15(3)10-6-9-14(2)11-13-7-4-5-8-13/h13H,4-11H2,1-3H3. The van der Waals surface area contributed by atoms with E-state index in [9.17, 15) is 4.79 Å². The second-order valence-corrected chi connectivity index (χ2v) is 5.21. The molecule has 3 nitrogen and oxygen atoms in total. The third-order valence-electron chi connectivity index (χ3n) is 3.62. The van der Waals surface area contributed by atoms with Crippen molar-refractivity contribution in [3.05, 3.63) is 0 Å². The molecule has 0 spiro atoms. The molecule has 0 aromatic rings. The van der Waals surface area contributed by atoms with Gasteiger partial charge in [0.2, 0.25) is 5.91 Å². The van der Waals surface area contributed by atoms with E-state index >= 15 is 0 Å². The van der Waals surface area contributed by atoms with Crippen LogP contribution in [0.4, 0.5) is 0 Å². The molecule has 0 aliphatic heterocycles. The first-order valence-electron chi connectivity index (χ1n) is 6.50. The number of carbonyl (C=O) groups excluding carboxylic acids is 1. The van der Waals surface area contributed by atoms with Crippen LogP contribution in [0.3, 0.4) is 0 Å². The number of hydrogen-bond acceptors (Lipinski definition) is 2. The number of nitrogens with zero attached hydrogens (tertiary/aromatic N) is 2. The zero-order valence-corrected chi connectivity index (χ0v) is 11.0. The van der Waals surface area contributed by atoms with E-state index in [1.807, 2.05) is 7.05 Å². The summed E-state index contributed by atoms with van der Waals surface area (Å²) >= 11 is 0. The van der Waals surface area contributed by atoms with Crippen LogP contribution >= 0.6 is 0 Å².